The second-order valence-corrected chi connectivity index (χ2v) is 8.02. The van der Waals surface area contributed by atoms with Gasteiger partial charge in [0, 0.05) is 25.2 Å². The number of rotatable bonds is 6. The summed E-state index contributed by atoms with van der Waals surface area (Å²) in [7, 11) is 1.57. The number of hydrogen-bond donors (Lipinski definition) is 0. The fourth-order valence-corrected chi connectivity index (χ4v) is 4.51. The molecule has 1 aromatic rings. The minimum absolute atomic E-state index is 0.0155. The van der Waals surface area contributed by atoms with Gasteiger partial charge in [-0.3, -0.25) is 9.59 Å². The third-order valence-electron chi connectivity index (χ3n) is 5.70. The zero-order valence-corrected chi connectivity index (χ0v) is 17.5. The molecule has 2 aliphatic heterocycles. The Balaban J connectivity index is 1.88. The van der Waals surface area contributed by atoms with Crippen LogP contribution in [0, 0.1) is 0 Å². The van der Waals surface area contributed by atoms with Crippen molar-refractivity contribution in [3.8, 4) is 11.5 Å². The van der Waals surface area contributed by atoms with Gasteiger partial charge in [0.25, 0.3) is 5.91 Å². The fraction of sp³-hybridized carbons (Fsp3) is 0.636. The van der Waals surface area contributed by atoms with Crippen molar-refractivity contribution < 1.29 is 19.1 Å². The lowest BCUT2D eigenvalue weighted by molar-refractivity contribution is -0.145. The number of methoxy groups -OCH3 is 1. The van der Waals surface area contributed by atoms with Crippen LogP contribution in [0.4, 0.5) is 0 Å². The molecule has 6 heteroatoms. The number of carbonyl (C=O) groups excluding carboxylic acids is 2. The third kappa shape index (κ3) is 3.69. The predicted molar refractivity (Wildman–Crippen MR) is 108 cm³/mol. The van der Waals surface area contributed by atoms with Crippen molar-refractivity contribution in [2.24, 2.45) is 0 Å². The molecule has 0 aromatic heterocycles. The number of piperidine rings is 1. The van der Waals surface area contributed by atoms with E-state index in [1.54, 1.807) is 25.3 Å². The van der Waals surface area contributed by atoms with E-state index in [1.807, 2.05) is 23.6 Å². The van der Waals surface area contributed by atoms with Gasteiger partial charge in [0.15, 0.2) is 11.5 Å². The first-order valence-corrected chi connectivity index (χ1v) is 10.4. The van der Waals surface area contributed by atoms with Gasteiger partial charge in [0.2, 0.25) is 5.91 Å². The summed E-state index contributed by atoms with van der Waals surface area (Å²) in [5, 5.41) is 0. The van der Waals surface area contributed by atoms with Crippen LogP contribution in [0.25, 0.3) is 0 Å². The van der Waals surface area contributed by atoms with E-state index in [0.717, 1.165) is 45.2 Å². The Bertz CT molecular complexity index is 731. The minimum Gasteiger partial charge on any atom is -0.493 e. The summed E-state index contributed by atoms with van der Waals surface area (Å²) in [5.74, 6) is 1.18. The maximum Gasteiger partial charge on any atom is 0.254 e. The van der Waals surface area contributed by atoms with E-state index in [0.29, 0.717) is 23.6 Å². The number of carbonyl (C=O) groups is 2. The van der Waals surface area contributed by atoms with Crippen LogP contribution in [-0.4, -0.2) is 60.0 Å². The number of hydrogen-bond acceptors (Lipinski definition) is 4. The summed E-state index contributed by atoms with van der Waals surface area (Å²) < 4.78 is 11.2. The van der Waals surface area contributed by atoms with Crippen molar-refractivity contribution in [1.82, 2.24) is 9.80 Å². The lowest BCUT2D eigenvalue weighted by atomic mass is 9.85. The van der Waals surface area contributed by atoms with E-state index in [1.165, 1.54) is 0 Å². The Morgan fingerprint density at radius 2 is 1.89 bits per heavy atom. The average molecular weight is 389 g/mol. The quantitative estimate of drug-likeness (QED) is 0.748. The number of nitrogens with zero attached hydrogens (tertiary/aromatic N) is 2. The SMILES string of the molecule is CCCN1CCCC2(CCCN2C(=O)c2ccc(OC(C)C)c(OC)c2)C1=O. The Morgan fingerprint density at radius 1 is 1.18 bits per heavy atom. The molecule has 0 radical (unpaired) electrons. The van der Waals surface area contributed by atoms with Gasteiger partial charge in [0.1, 0.15) is 5.54 Å². The van der Waals surface area contributed by atoms with Crippen LogP contribution in [0.1, 0.15) is 63.2 Å². The monoisotopic (exact) mass is 388 g/mol. The maximum absolute atomic E-state index is 13.4. The lowest BCUT2D eigenvalue weighted by Gasteiger charge is -2.44. The Morgan fingerprint density at radius 3 is 2.54 bits per heavy atom. The normalized spacial score (nSPS) is 22.2. The predicted octanol–water partition coefficient (Wildman–Crippen LogP) is 3.49. The molecular weight excluding hydrogens is 356 g/mol. The molecule has 0 N–H and O–H groups in total. The molecule has 154 valence electrons. The summed E-state index contributed by atoms with van der Waals surface area (Å²) >= 11 is 0. The molecular formula is C22H32N2O4. The van der Waals surface area contributed by atoms with Crippen molar-refractivity contribution in [3.63, 3.8) is 0 Å². The molecule has 2 fully saturated rings. The molecule has 0 bridgehead atoms. The molecule has 0 aliphatic carbocycles. The van der Waals surface area contributed by atoms with E-state index in [4.69, 9.17) is 9.47 Å². The van der Waals surface area contributed by atoms with Crippen molar-refractivity contribution in [2.75, 3.05) is 26.7 Å². The number of ether oxygens (including phenoxy) is 2. The fourth-order valence-electron chi connectivity index (χ4n) is 4.51. The van der Waals surface area contributed by atoms with Gasteiger partial charge < -0.3 is 19.3 Å². The molecule has 1 aromatic carbocycles. The first-order chi connectivity index (χ1) is 13.4. The molecule has 3 rings (SSSR count). The topological polar surface area (TPSA) is 59.1 Å². The molecule has 0 saturated carbocycles. The van der Waals surface area contributed by atoms with Gasteiger partial charge in [-0.2, -0.15) is 0 Å². The Hall–Kier alpha value is -2.24. The van der Waals surface area contributed by atoms with Crippen molar-refractivity contribution in [1.29, 1.82) is 0 Å². The van der Waals surface area contributed by atoms with Crippen LogP contribution in [-0.2, 0) is 4.79 Å². The summed E-state index contributed by atoms with van der Waals surface area (Å²) in [6.45, 7) is 8.16. The van der Waals surface area contributed by atoms with Crippen LogP contribution in [0.3, 0.4) is 0 Å². The van der Waals surface area contributed by atoms with Crippen LogP contribution in [0.5, 0.6) is 11.5 Å². The van der Waals surface area contributed by atoms with Gasteiger partial charge in [0.05, 0.1) is 13.2 Å². The van der Waals surface area contributed by atoms with E-state index in [9.17, 15) is 9.59 Å². The summed E-state index contributed by atoms with van der Waals surface area (Å²) in [4.78, 5) is 30.4. The van der Waals surface area contributed by atoms with E-state index >= 15 is 0 Å². The van der Waals surface area contributed by atoms with Crippen LogP contribution >= 0.6 is 0 Å². The minimum atomic E-state index is -0.676. The highest BCUT2D eigenvalue weighted by atomic mass is 16.5. The number of likely N-dealkylation sites (tertiary alicyclic amines) is 2. The van der Waals surface area contributed by atoms with Crippen molar-refractivity contribution >= 4 is 11.8 Å². The smallest absolute Gasteiger partial charge is 0.254 e. The summed E-state index contributed by atoms with van der Waals surface area (Å²) in [5.41, 5.74) is -0.139. The second kappa shape index (κ2) is 8.41. The first-order valence-electron chi connectivity index (χ1n) is 10.4. The largest absolute Gasteiger partial charge is 0.493 e. The van der Waals surface area contributed by atoms with Gasteiger partial charge >= 0.3 is 0 Å². The molecule has 28 heavy (non-hydrogen) atoms. The van der Waals surface area contributed by atoms with Crippen molar-refractivity contribution in [3.05, 3.63) is 23.8 Å². The molecule has 2 amide bonds. The number of amides is 2. The molecule has 2 heterocycles. The maximum atomic E-state index is 13.4. The third-order valence-corrected chi connectivity index (χ3v) is 5.70. The molecule has 2 saturated heterocycles. The zero-order chi connectivity index (χ0) is 20.3. The first kappa shape index (κ1) is 20.5. The zero-order valence-electron chi connectivity index (χ0n) is 17.5. The Kier molecular flexibility index (Phi) is 6.16. The molecule has 1 spiro atoms. The van der Waals surface area contributed by atoms with Crippen LogP contribution in [0.15, 0.2) is 18.2 Å². The summed E-state index contributed by atoms with van der Waals surface area (Å²) in [6.07, 6.45) is 4.27. The highest BCUT2D eigenvalue weighted by Crippen LogP contribution is 2.40. The highest BCUT2D eigenvalue weighted by molar-refractivity contribution is 6.00. The summed E-state index contributed by atoms with van der Waals surface area (Å²) in [6, 6.07) is 5.27. The second-order valence-electron chi connectivity index (χ2n) is 8.02. The standard InChI is InChI=1S/C22H32N2O4/c1-5-12-23-13-6-10-22(21(23)26)11-7-14-24(22)20(25)17-8-9-18(28-16(2)3)19(15-17)27-4/h8-9,15-16H,5-7,10-14H2,1-4H3. The molecule has 1 atom stereocenters. The van der Waals surface area contributed by atoms with Gasteiger partial charge in [-0.15, -0.1) is 0 Å². The van der Waals surface area contributed by atoms with Crippen LogP contribution in [0.2, 0.25) is 0 Å². The van der Waals surface area contributed by atoms with Crippen molar-refractivity contribution in [2.45, 2.75) is 64.5 Å². The highest BCUT2D eigenvalue weighted by Gasteiger charge is 2.52. The van der Waals surface area contributed by atoms with Gasteiger partial charge in [-0.05, 0) is 64.2 Å². The average Bonchev–Trinajstić information content (AvgIpc) is 3.09. The van der Waals surface area contributed by atoms with Gasteiger partial charge in [-0.1, -0.05) is 6.92 Å². The molecule has 1 unspecified atom stereocenters. The molecule has 2 aliphatic rings. The molecule has 6 nitrogen and oxygen atoms in total. The Labute approximate surface area is 167 Å². The van der Waals surface area contributed by atoms with E-state index < -0.39 is 5.54 Å². The van der Waals surface area contributed by atoms with Gasteiger partial charge in [-0.25, -0.2) is 0 Å². The van der Waals surface area contributed by atoms with E-state index in [-0.39, 0.29) is 17.9 Å². The number of benzene rings is 1. The van der Waals surface area contributed by atoms with E-state index in [2.05, 4.69) is 6.92 Å². The van der Waals surface area contributed by atoms with Crippen LogP contribution < -0.4 is 9.47 Å². The lowest BCUT2D eigenvalue weighted by Crippen LogP contribution is -2.61.